The molecule has 0 saturated heterocycles. The molecule has 0 fully saturated rings. The predicted molar refractivity (Wildman–Crippen MR) is 175 cm³/mol. The molecule has 0 aromatic heterocycles. The summed E-state index contributed by atoms with van der Waals surface area (Å²) >= 11 is 15.9. The van der Waals surface area contributed by atoms with Gasteiger partial charge in [0.05, 0.1) is 22.2 Å². The number of carbonyl (C=O) groups excluding carboxylic acids is 2. The van der Waals surface area contributed by atoms with E-state index >= 15 is 0 Å². The number of methoxy groups -OCH3 is 1. The summed E-state index contributed by atoms with van der Waals surface area (Å²) in [4.78, 5) is 29.0. The molecule has 1 atom stereocenters. The number of benzene rings is 3. The molecule has 0 aliphatic carbocycles. The van der Waals surface area contributed by atoms with E-state index in [4.69, 9.17) is 27.9 Å². The Morgan fingerprint density at radius 2 is 1.67 bits per heavy atom. The van der Waals surface area contributed by atoms with Crippen LogP contribution in [0.1, 0.15) is 45.2 Å². The smallest absolute Gasteiger partial charge is 0.264 e. The van der Waals surface area contributed by atoms with Gasteiger partial charge in [-0.05, 0) is 98.1 Å². The second kappa shape index (κ2) is 14.3. The van der Waals surface area contributed by atoms with Gasteiger partial charge in [0.2, 0.25) is 11.8 Å². The van der Waals surface area contributed by atoms with Crippen LogP contribution in [0.15, 0.2) is 70.0 Å². The summed E-state index contributed by atoms with van der Waals surface area (Å²) in [6.45, 7) is 8.60. The number of rotatable bonds is 11. The Kier molecular flexibility index (Phi) is 11.6. The van der Waals surface area contributed by atoms with Crippen molar-refractivity contribution in [1.29, 1.82) is 0 Å². The minimum absolute atomic E-state index is 0.0409. The fraction of sp³-hybridized carbons (Fsp3) is 0.355. The zero-order valence-corrected chi connectivity index (χ0v) is 28.9. The maximum absolute atomic E-state index is 14.2. The Hall–Kier alpha value is -2.79. The number of amides is 2. The topological polar surface area (TPSA) is 96.0 Å². The lowest BCUT2D eigenvalue weighted by Gasteiger charge is -2.35. The molecule has 3 aromatic carbocycles. The molecule has 43 heavy (non-hydrogen) atoms. The van der Waals surface area contributed by atoms with Gasteiger partial charge in [0.25, 0.3) is 10.0 Å². The highest BCUT2D eigenvalue weighted by molar-refractivity contribution is 9.10. The Morgan fingerprint density at radius 1 is 1.02 bits per heavy atom. The molecule has 8 nitrogen and oxygen atoms in total. The number of hydrogen-bond donors (Lipinski definition) is 1. The third kappa shape index (κ3) is 8.88. The van der Waals surface area contributed by atoms with Crippen molar-refractivity contribution in [2.45, 2.75) is 64.1 Å². The average Bonchev–Trinajstić information content (AvgIpc) is 2.92. The molecule has 0 saturated carbocycles. The Bertz CT molecular complexity index is 1580. The molecule has 0 aliphatic rings. The number of nitrogens with one attached hydrogen (secondary N) is 1. The Balaban J connectivity index is 2.12. The number of halogens is 3. The molecule has 0 heterocycles. The molecule has 1 N–H and O–H groups in total. The van der Waals surface area contributed by atoms with Crippen molar-refractivity contribution in [2.75, 3.05) is 18.0 Å². The molecule has 3 rings (SSSR count). The van der Waals surface area contributed by atoms with E-state index in [0.717, 1.165) is 9.87 Å². The summed E-state index contributed by atoms with van der Waals surface area (Å²) in [6, 6.07) is 15.2. The zero-order valence-electron chi connectivity index (χ0n) is 24.9. The second-order valence-electron chi connectivity index (χ2n) is 11.1. The summed E-state index contributed by atoms with van der Waals surface area (Å²) in [5.41, 5.74) is 1.22. The van der Waals surface area contributed by atoms with Gasteiger partial charge in [0, 0.05) is 22.1 Å². The van der Waals surface area contributed by atoms with Gasteiger partial charge >= 0.3 is 0 Å². The molecule has 0 bridgehead atoms. The van der Waals surface area contributed by atoms with Crippen molar-refractivity contribution < 1.29 is 22.7 Å². The number of nitrogens with zero attached hydrogens (tertiary/aromatic N) is 2. The highest BCUT2D eigenvalue weighted by Gasteiger charge is 2.35. The highest BCUT2D eigenvalue weighted by atomic mass is 79.9. The number of anilines is 1. The van der Waals surface area contributed by atoms with Crippen molar-refractivity contribution in [3.05, 3.63) is 86.3 Å². The first-order valence-electron chi connectivity index (χ1n) is 13.6. The van der Waals surface area contributed by atoms with Gasteiger partial charge in [-0.1, -0.05) is 53.9 Å². The second-order valence-corrected chi connectivity index (χ2v) is 14.6. The molecule has 0 spiro atoms. The maximum atomic E-state index is 14.2. The highest BCUT2D eigenvalue weighted by Crippen LogP contribution is 2.31. The maximum Gasteiger partial charge on any atom is 0.264 e. The van der Waals surface area contributed by atoms with Gasteiger partial charge < -0.3 is 15.0 Å². The van der Waals surface area contributed by atoms with Gasteiger partial charge in [-0.15, -0.1) is 0 Å². The monoisotopic (exact) mass is 711 g/mol. The van der Waals surface area contributed by atoms with E-state index < -0.39 is 34.1 Å². The van der Waals surface area contributed by atoms with Crippen LogP contribution in [0, 0.1) is 6.92 Å². The van der Waals surface area contributed by atoms with Crippen LogP contribution in [0.2, 0.25) is 10.0 Å². The van der Waals surface area contributed by atoms with Crippen LogP contribution in [0.25, 0.3) is 0 Å². The number of hydrogen-bond acceptors (Lipinski definition) is 5. The molecule has 2 amide bonds. The van der Waals surface area contributed by atoms with Crippen molar-refractivity contribution in [2.24, 2.45) is 0 Å². The van der Waals surface area contributed by atoms with E-state index in [-0.39, 0.29) is 23.8 Å². The normalized spacial score (nSPS) is 12.4. The quantitative estimate of drug-likeness (QED) is 0.231. The fourth-order valence-corrected chi connectivity index (χ4v) is 6.98. The molecule has 12 heteroatoms. The first kappa shape index (κ1) is 34.7. The van der Waals surface area contributed by atoms with Gasteiger partial charge in [0.15, 0.2) is 0 Å². The van der Waals surface area contributed by atoms with Crippen LogP contribution in [0.5, 0.6) is 5.75 Å². The molecule has 0 unspecified atom stereocenters. The standard InChI is InChI=1S/C31H36BrCl2N3O5S/c1-7-27(30(39)35-31(3,4)5)36(18-21-10-11-22(33)16-26(21)34)29(38)19-37(23-12-8-20(2)9-13-23)43(40,41)24-14-15-28(42-6)25(32)17-24/h8-17,27H,7,18-19H2,1-6H3,(H,35,39)/t27-/m0/s1. The average molecular weight is 714 g/mol. The lowest BCUT2D eigenvalue weighted by Crippen LogP contribution is -2.55. The first-order chi connectivity index (χ1) is 20.1. The summed E-state index contributed by atoms with van der Waals surface area (Å²) < 4.78 is 35.0. The van der Waals surface area contributed by atoms with Gasteiger partial charge in [-0.25, -0.2) is 8.42 Å². The lowest BCUT2D eigenvalue weighted by atomic mass is 10.1. The summed E-state index contributed by atoms with van der Waals surface area (Å²) in [7, 11) is -2.78. The Labute approximate surface area is 272 Å². The van der Waals surface area contributed by atoms with Crippen molar-refractivity contribution in [1.82, 2.24) is 10.2 Å². The number of sulfonamides is 1. The SMILES string of the molecule is CC[C@@H](C(=O)NC(C)(C)C)N(Cc1ccc(Cl)cc1Cl)C(=O)CN(c1ccc(C)cc1)S(=O)(=O)c1ccc(OC)c(Br)c1. The van der Waals surface area contributed by atoms with Crippen molar-refractivity contribution in [3.8, 4) is 5.75 Å². The summed E-state index contributed by atoms with van der Waals surface area (Å²) in [6.07, 6.45) is 0.279. The van der Waals surface area contributed by atoms with Crippen LogP contribution >= 0.6 is 39.1 Å². The molecular formula is C31H36BrCl2N3O5S. The predicted octanol–water partition coefficient (Wildman–Crippen LogP) is 6.99. The minimum atomic E-state index is -4.25. The van der Waals surface area contributed by atoms with Crippen LogP contribution < -0.4 is 14.4 Å². The zero-order chi connectivity index (χ0) is 32.1. The van der Waals surface area contributed by atoms with Crippen molar-refractivity contribution >= 4 is 66.7 Å². The van der Waals surface area contributed by atoms with E-state index in [1.54, 1.807) is 49.4 Å². The first-order valence-corrected chi connectivity index (χ1v) is 16.5. The molecule has 0 radical (unpaired) electrons. The van der Waals surface area contributed by atoms with Gasteiger partial charge in [-0.3, -0.25) is 13.9 Å². The van der Waals surface area contributed by atoms with E-state index in [1.807, 2.05) is 27.7 Å². The van der Waals surface area contributed by atoms with E-state index in [9.17, 15) is 18.0 Å². The minimum Gasteiger partial charge on any atom is -0.496 e. The van der Waals surface area contributed by atoms with E-state index in [1.165, 1.54) is 30.2 Å². The molecular weight excluding hydrogens is 677 g/mol. The number of carbonyl (C=O) groups is 2. The molecule has 3 aromatic rings. The lowest BCUT2D eigenvalue weighted by molar-refractivity contribution is -0.141. The number of aryl methyl sites for hydroxylation is 1. The molecule has 232 valence electrons. The third-order valence-electron chi connectivity index (χ3n) is 6.55. The third-order valence-corrected chi connectivity index (χ3v) is 9.53. The summed E-state index contributed by atoms with van der Waals surface area (Å²) in [5.74, 6) is -0.491. The van der Waals surface area contributed by atoms with E-state index in [2.05, 4.69) is 21.2 Å². The van der Waals surface area contributed by atoms with E-state index in [0.29, 0.717) is 31.5 Å². The van der Waals surface area contributed by atoms with Gasteiger partial charge in [0.1, 0.15) is 18.3 Å². The largest absolute Gasteiger partial charge is 0.496 e. The van der Waals surface area contributed by atoms with Crippen LogP contribution in [-0.4, -0.2) is 50.4 Å². The van der Waals surface area contributed by atoms with Crippen molar-refractivity contribution in [3.63, 3.8) is 0 Å². The Morgan fingerprint density at radius 3 is 2.21 bits per heavy atom. The molecule has 0 aliphatic heterocycles. The fourth-order valence-electron chi connectivity index (χ4n) is 4.38. The van der Waals surface area contributed by atoms with Gasteiger partial charge in [-0.2, -0.15) is 0 Å². The van der Waals surface area contributed by atoms with Crippen LogP contribution in [0.3, 0.4) is 0 Å². The van der Waals surface area contributed by atoms with Crippen LogP contribution in [-0.2, 0) is 26.2 Å². The summed E-state index contributed by atoms with van der Waals surface area (Å²) in [5, 5.41) is 3.69. The van der Waals surface area contributed by atoms with Crippen LogP contribution in [0.4, 0.5) is 5.69 Å². The number of ether oxygens (including phenoxy) is 1.